The Morgan fingerprint density at radius 1 is 1.19 bits per heavy atom. The maximum absolute atomic E-state index is 10.3. The lowest BCUT2D eigenvalue weighted by molar-refractivity contribution is 0.223. The van der Waals surface area contributed by atoms with Crippen molar-refractivity contribution in [1.82, 2.24) is 0 Å². The molecular weight excluding hydrogens is 263 g/mol. The number of benzene rings is 1. The second kappa shape index (κ2) is 4.76. The van der Waals surface area contributed by atoms with Crippen LogP contribution in [-0.4, -0.2) is 5.11 Å². The molecule has 1 aromatic heterocycles. The van der Waals surface area contributed by atoms with E-state index in [2.05, 4.69) is 0 Å². The average Bonchev–Trinajstić information content (AvgIpc) is 2.64. The first-order valence-corrected chi connectivity index (χ1v) is 6.40. The van der Waals surface area contributed by atoms with Gasteiger partial charge in [-0.25, -0.2) is 0 Å². The van der Waals surface area contributed by atoms with Crippen molar-refractivity contribution in [3.63, 3.8) is 0 Å². The van der Waals surface area contributed by atoms with Gasteiger partial charge in [-0.1, -0.05) is 29.3 Å². The molecule has 0 aliphatic carbocycles. The van der Waals surface area contributed by atoms with Gasteiger partial charge in [0.25, 0.3) is 0 Å². The van der Waals surface area contributed by atoms with Crippen molar-refractivity contribution >= 4 is 34.5 Å². The molecule has 2 aromatic rings. The molecule has 1 unspecified atom stereocenters. The molecule has 0 amide bonds. The SMILES string of the molecule is Cc1ccsc1C(O)c1c(Cl)cccc1Cl. The summed E-state index contributed by atoms with van der Waals surface area (Å²) in [5.74, 6) is 0. The van der Waals surface area contributed by atoms with Crippen molar-refractivity contribution in [2.24, 2.45) is 0 Å². The van der Waals surface area contributed by atoms with E-state index in [1.54, 1.807) is 18.2 Å². The number of aliphatic hydroxyl groups excluding tert-OH is 1. The predicted molar refractivity (Wildman–Crippen MR) is 69.6 cm³/mol. The fourth-order valence-electron chi connectivity index (χ4n) is 1.57. The zero-order valence-corrected chi connectivity index (χ0v) is 10.9. The van der Waals surface area contributed by atoms with Gasteiger partial charge < -0.3 is 5.11 Å². The molecule has 0 fully saturated rings. The summed E-state index contributed by atoms with van der Waals surface area (Å²) in [6.45, 7) is 1.96. The quantitative estimate of drug-likeness (QED) is 0.857. The third-order valence-corrected chi connectivity index (χ3v) is 4.15. The largest absolute Gasteiger partial charge is 0.383 e. The van der Waals surface area contributed by atoms with Crippen molar-refractivity contribution < 1.29 is 5.11 Å². The molecule has 1 heterocycles. The first-order valence-electron chi connectivity index (χ1n) is 4.77. The van der Waals surface area contributed by atoms with Crippen LogP contribution >= 0.6 is 34.5 Å². The zero-order valence-electron chi connectivity index (χ0n) is 8.58. The van der Waals surface area contributed by atoms with Gasteiger partial charge in [0.1, 0.15) is 6.10 Å². The molecule has 0 radical (unpaired) electrons. The van der Waals surface area contributed by atoms with Crippen molar-refractivity contribution in [3.8, 4) is 0 Å². The average molecular weight is 273 g/mol. The smallest absolute Gasteiger partial charge is 0.116 e. The van der Waals surface area contributed by atoms with Gasteiger partial charge in [0.15, 0.2) is 0 Å². The Kier molecular flexibility index (Phi) is 3.55. The molecule has 1 N–H and O–H groups in total. The van der Waals surface area contributed by atoms with E-state index in [9.17, 15) is 5.11 Å². The minimum atomic E-state index is -0.749. The van der Waals surface area contributed by atoms with Crippen LogP contribution in [0.3, 0.4) is 0 Å². The van der Waals surface area contributed by atoms with Crippen molar-refractivity contribution in [2.45, 2.75) is 13.0 Å². The Morgan fingerprint density at radius 2 is 1.81 bits per heavy atom. The van der Waals surface area contributed by atoms with Gasteiger partial charge in [0.2, 0.25) is 0 Å². The minimum absolute atomic E-state index is 0.493. The van der Waals surface area contributed by atoms with Crippen LogP contribution in [-0.2, 0) is 0 Å². The Labute approximate surface area is 108 Å². The van der Waals surface area contributed by atoms with E-state index in [4.69, 9.17) is 23.2 Å². The normalized spacial score (nSPS) is 12.8. The van der Waals surface area contributed by atoms with Gasteiger partial charge in [-0.2, -0.15) is 0 Å². The molecule has 2 rings (SSSR count). The van der Waals surface area contributed by atoms with E-state index >= 15 is 0 Å². The van der Waals surface area contributed by atoms with Crippen LogP contribution in [0.2, 0.25) is 10.0 Å². The summed E-state index contributed by atoms with van der Waals surface area (Å²) >= 11 is 13.6. The van der Waals surface area contributed by atoms with Crippen LogP contribution in [0.25, 0.3) is 0 Å². The third kappa shape index (κ3) is 2.11. The zero-order chi connectivity index (χ0) is 11.7. The van der Waals surface area contributed by atoms with Gasteiger partial charge in [-0.3, -0.25) is 0 Å². The molecule has 0 aliphatic rings. The second-order valence-electron chi connectivity index (χ2n) is 3.51. The number of rotatable bonds is 2. The number of aryl methyl sites for hydroxylation is 1. The highest BCUT2D eigenvalue weighted by Gasteiger charge is 2.19. The van der Waals surface area contributed by atoms with E-state index in [0.29, 0.717) is 15.6 Å². The fraction of sp³-hybridized carbons (Fsp3) is 0.167. The molecule has 0 saturated carbocycles. The molecule has 84 valence electrons. The predicted octanol–water partition coefficient (Wildman–Crippen LogP) is 4.45. The highest BCUT2D eigenvalue weighted by atomic mass is 35.5. The molecule has 4 heteroatoms. The Bertz CT molecular complexity index is 487. The lowest BCUT2D eigenvalue weighted by Crippen LogP contribution is -2.00. The van der Waals surface area contributed by atoms with Crippen LogP contribution in [0.5, 0.6) is 0 Å². The van der Waals surface area contributed by atoms with Crippen LogP contribution in [0.15, 0.2) is 29.6 Å². The van der Waals surface area contributed by atoms with Gasteiger partial charge in [-0.15, -0.1) is 11.3 Å². The van der Waals surface area contributed by atoms with Crippen LogP contribution in [0, 0.1) is 6.92 Å². The van der Waals surface area contributed by atoms with Gasteiger partial charge in [0, 0.05) is 20.5 Å². The van der Waals surface area contributed by atoms with E-state index in [0.717, 1.165) is 10.4 Å². The highest BCUT2D eigenvalue weighted by Crippen LogP contribution is 2.37. The summed E-state index contributed by atoms with van der Waals surface area (Å²) in [6, 6.07) is 7.19. The van der Waals surface area contributed by atoms with Crippen LogP contribution < -0.4 is 0 Å². The Hall–Kier alpha value is -0.540. The Morgan fingerprint density at radius 3 is 2.31 bits per heavy atom. The molecule has 0 aliphatic heterocycles. The molecule has 1 atom stereocenters. The monoisotopic (exact) mass is 272 g/mol. The maximum Gasteiger partial charge on any atom is 0.116 e. The molecule has 0 saturated heterocycles. The lowest BCUT2D eigenvalue weighted by Gasteiger charge is -2.13. The molecule has 1 aromatic carbocycles. The fourth-order valence-corrected chi connectivity index (χ4v) is 3.09. The van der Waals surface area contributed by atoms with E-state index in [1.807, 2.05) is 18.4 Å². The van der Waals surface area contributed by atoms with Crippen molar-refractivity contribution in [2.75, 3.05) is 0 Å². The van der Waals surface area contributed by atoms with Gasteiger partial charge >= 0.3 is 0 Å². The number of aliphatic hydroxyl groups is 1. The van der Waals surface area contributed by atoms with Crippen molar-refractivity contribution in [3.05, 3.63) is 55.7 Å². The lowest BCUT2D eigenvalue weighted by atomic mass is 10.1. The van der Waals surface area contributed by atoms with Crippen molar-refractivity contribution in [1.29, 1.82) is 0 Å². The van der Waals surface area contributed by atoms with E-state index in [1.165, 1.54) is 11.3 Å². The summed E-state index contributed by atoms with van der Waals surface area (Å²) in [4.78, 5) is 0.884. The number of halogens is 2. The van der Waals surface area contributed by atoms with Crippen LogP contribution in [0.4, 0.5) is 0 Å². The van der Waals surface area contributed by atoms with Crippen LogP contribution in [0.1, 0.15) is 22.1 Å². The highest BCUT2D eigenvalue weighted by molar-refractivity contribution is 7.10. The number of hydrogen-bond donors (Lipinski definition) is 1. The Balaban J connectivity index is 2.49. The van der Waals surface area contributed by atoms with Gasteiger partial charge in [0.05, 0.1) is 0 Å². The summed E-state index contributed by atoms with van der Waals surface area (Å²) in [5.41, 5.74) is 1.63. The summed E-state index contributed by atoms with van der Waals surface area (Å²) < 4.78 is 0. The summed E-state index contributed by atoms with van der Waals surface area (Å²) in [5, 5.41) is 13.2. The maximum atomic E-state index is 10.3. The second-order valence-corrected chi connectivity index (χ2v) is 5.27. The molecular formula is C12H10Cl2OS. The third-order valence-electron chi connectivity index (χ3n) is 2.42. The topological polar surface area (TPSA) is 20.2 Å². The molecule has 0 bridgehead atoms. The standard InChI is InChI=1S/C12H10Cl2OS/c1-7-5-6-16-12(7)11(15)10-8(13)3-2-4-9(10)14/h2-6,11,15H,1H3. The number of hydrogen-bond acceptors (Lipinski definition) is 2. The summed E-state index contributed by atoms with van der Waals surface area (Å²) in [6.07, 6.45) is -0.749. The van der Waals surface area contributed by atoms with Gasteiger partial charge in [-0.05, 0) is 36.1 Å². The minimum Gasteiger partial charge on any atom is -0.383 e. The number of thiophene rings is 1. The molecule has 16 heavy (non-hydrogen) atoms. The first-order chi connectivity index (χ1) is 7.61. The van der Waals surface area contributed by atoms with E-state index < -0.39 is 6.10 Å². The molecule has 0 spiro atoms. The van der Waals surface area contributed by atoms with E-state index in [-0.39, 0.29) is 0 Å². The molecule has 1 nitrogen and oxygen atoms in total. The first kappa shape index (κ1) is 11.9. The summed E-state index contributed by atoms with van der Waals surface area (Å²) in [7, 11) is 0.